The molecule has 1 unspecified atom stereocenters. The van der Waals surface area contributed by atoms with Crippen molar-refractivity contribution in [3.05, 3.63) is 77.8 Å². The Morgan fingerprint density at radius 1 is 0.920 bits per heavy atom. The second-order valence-corrected chi connectivity index (χ2v) is 6.03. The maximum atomic E-state index is 12.7. The summed E-state index contributed by atoms with van der Waals surface area (Å²) in [6.45, 7) is 0. The molecule has 1 heterocycles. The van der Waals surface area contributed by atoms with Crippen molar-refractivity contribution in [1.29, 1.82) is 0 Å². The predicted molar refractivity (Wildman–Crippen MR) is 98.5 cm³/mol. The van der Waals surface area contributed by atoms with Crippen molar-refractivity contribution in [1.82, 2.24) is 10.3 Å². The average Bonchev–Trinajstić information content (AvgIpc) is 3.14. The SMILES string of the molecule is O=C(Nc1nccs1)NC(C(=O)Nc1ccccc1)c1ccccc1. The smallest absolute Gasteiger partial charge is 0.321 e. The van der Waals surface area contributed by atoms with Gasteiger partial charge < -0.3 is 10.6 Å². The number of carbonyl (C=O) groups is 2. The lowest BCUT2D eigenvalue weighted by molar-refractivity contribution is -0.118. The zero-order chi connectivity index (χ0) is 17.5. The maximum Gasteiger partial charge on any atom is 0.321 e. The van der Waals surface area contributed by atoms with E-state index in [0.717, 1.165) is 0 Å². The number of amides is 3. The largest absolute Gasteiger partial charge is 0.324 e. The first-order valence-corrected chi connectivity index (χ1v) is 8.48. The lowest BCUT2D eigenvalue weighted by Gasteiger charge is -2.19. The van der Waals surface area contributed by atoms with Gasteiger partial charge in [0, 0.05) is 17.3 Å². The van der Waals surface area contributed by atoms with Crippen LogP contribution in [-0.4, -0.2) is 16.9 Å². The van der Waals surface area contributed by atoms with Crippen molar-refractivity contribution in [2.45, 2.75) is 6.04 Å². The van der Waals surface area contributed by atoms with Gasteiger partial charge in [0.25, 0.3) is 5.91 Å². The lowest BCUT2D eigenvalue weighted by atomic mass is 10.1. The van der Waals surface area contributed by atoms with Crippen LogP contribution in [0.2, 0.25) is 0 Å². The van der Waals surface area contributed by atoms with E-state index in [4.69, 9.17) is 0 Å². The highest BCUT2D eigenvalue weighted by Gasteiger charge is 2.23. The van der Waals surface area contributed by atoms with Crippen LogP contribution in [0, 0.1) is 0 Å². The highest BCUT2D eigenvalue weighted by Crippen LogP contribution is 2.17. The van der Waals surface area contributed by atoms with E-state index < -0.39 is 12.1 Å². The molecule has 3 rings (SSSR count). The zero-order valence-corrected chi connectivity index (χ0v) is 14.0. The molecule has 1 atom stereocenters. The number of rotatable bonds is 5. The second kappa shape index (κ2) is 8.07. The average molecular weight is 352 g/mol. The number of thiazole rings is 1. The van der Waals surface area contributed by atoms with Gasteiger partial charge >= 0.3 is 6.03 Å². The Bertz CT molecular complexity index is 823. The van der Waals surface area contributed by atoms with Gasteiger partial charge in [0.15, 0.2) is 5.13 Å². The first kappa shape index (κ1) is 16.7. The molecule has 0 fully saturated rings. The van der Waals surface area contributed by atoms with E-state index in [0.29, 0.717) is 16.4 Å². The molecule has 0 aliphatic heterocycles. The topological polar surface area (TPSA) is 83.1 Å². The summed E-state index contributed by atoms with van der Waals surface area (Å²) in [6.07, 6.45) is 1.59. The monoisotopic (exact) mass is 352 g/mol. The Morgan fingerprint density at radius 3 is 2.24 bits per heavy atom. The fourth-order valence-electron chi connectivity index (χ4n) is 2.23. The first-order valence-electron chi connectivity index (χ1n) is 7.60. The van der Waals surface area contributed by atoms with Crippen LogP contribution in [0.25, 0.3) is 0 Å². The van der Waals surface area contributed by atoms with E-state index in [2.05, 4.69) is 20.9 Å². The van der Waals surface area contributed by atoms with Crippen molar-refractivity contribution < 1.29 is 9.59 Å². The van der Waals surface area contributed by atoms with Gasteiger partial charge in [-0.3, -0.25) is 10.1 Å². The summed E-state index contributed by atoms with van der Waals surface area (Å²) >= 11 is 1.30. The standard InChI is InChI=1S/C18H16N4O2S/c23-16(20-14-9-5-2-6-10-14)15(13-7-3-1-4-8-13)21-17(24)22-18-19-11-12-25-18/h1-12,15H,(H,20,23)(H2,19,21,22,24). The number of carbonyl (C=O) groups excluding carboxylic acids is 2. The highest BCUT2D eigenvalue weighted by molar-refractivity contribution is 7.13. The number of hydrogen-bond donors (Lipinski definition) is 3. The number of hydrogen-bond acceptors (Lipinski definition) is 4. The molecule has 3 aromatic rings. The van der Waals surface area contributed by atoms with Crippen LogP contribution in [0.3, 0.4) is 0 Å². The van der Waals surface area contributed by atoms with Gasteiger partial charge in [-0.15, -0.1) is 11.3 Å². The Hall–Kier alpha value is -3.19. The normalized spacial score (nSPS) is 11.4. The van der Waals surface area contributed by atoms with Gasteiger partial charge in [0.1, 0.15) is 6.04 Å². The van der Waals surface area contributed by atoms with Crippen LogP contribution in [0.1, 0.15) is 11.6 Å². The third-order valence-electron chi connectivity index (χ3n) is 3.36. The summed E-state index contributed by atoms with van der Waals surface area (Å²) in [7, 11) is 0. The van der Waals surface area contributed by atoms with E-state index in [1.165, 1.54) is 11.3 Å². The van der Waals surface area contributed by atoms with Crippen molar-refractivity contribution in [2.75, 3.05) is 10.6 Å². The fourth-order valence-corrected chi connectivity index (χ4v) is 2.76. The van der Waals surface area contributed by atoms with Crippen molar-refractivity contribution >= 4 is 34.1 Å². The van der Waals surface area contributed by atoms with Crippen molar-refractivity contribution in [3.63, 3.8) is 0 Å². The zero-order valence-electron chi connectivity index (χ0n) is 13.2. The van der Waals surface area contributed by atoms with E-state index in [1.807, 2.05) is 36.4 Å². The maximum absolute atomic E-state index is 12.7. The Morgan fingerprint density at radius 2 is 1.60 bits per heavy atom. The molecule has 0 aliphatic carbocycles. The van der Waals surface area contributed by atoms with Gasteiger partial charge in [0.05, 0.1) is 0 Å². The minimum absolute atomic E-state index is 0.327. The molecule has 126 valence electrons. The molecule has 0 spiro atoms. The molecular weight excluding hydrogens is 336 g/mol. The molecule has 7 heteroatoms. The first-order chi connectivity index (χ1) is 12.2. The molecule has 3 amide bonds. The molecular formula is C18H16N4O2S. The molecule has 25 heavy (non-hydrogen) atoms. The summed E-state index contributed by atoms with van der Waals surface area (Å²) < 4.78 is 0. The van der Waals surface area contributed by atoms with Gasteiger partial charge in [-0.25, -0.2) is 9.78 Å². The highest BCUT2D eigenvalue weighted by atomic mass is 32.1. The number of benzene rings is 2. The summed E-state index contributed by atoms with van der Waals surface area (Å²) in [5.41, 5.74) is 1.35. The van der Waals surface area contributed by atoms with Gasteiger partial charge in [-0.05, 0) is 17.7 Å². The van der Waals surface area contributed by atoms with Gasteiger partial charge in [-0.1, -0.05) is 48.5 Å². The number of urea groups is 1. The summed E-state index contributed by atoms with van der Waals surface area (Å²) in [5, 5.41) is 10.3. The third kappa shape index (κ3) is 4.65. The van der Waals surface area contributed by atoms with E-state index in [1.54, 1.807) is 35.8 Å². The second-order valence-electron chi connectivity index (χ2n) is 5.13. The van der Waals surface area contributed by atoms with Crippen molar-refractivity contribution in [3.8, 4) is 0 Å². The van der Waals surface area contributed by atoms with E-state index in [9.17, 15) is 9.59 Å². The van der Waals surface area contributed by atoms with Crippen molar-refractivity contribution in [2.24, 2.45) is 0 Å². The minimum atomic E-state index is -0.832. The number of para-hydroxylation sites is 1. The number of nitrogens with zero attached hydrogens (tertiary/aromatic N) is 1. The van der Waals surface area contributed by atoms with Crippen LogP contribution in [0.5, 0.6) is 0 Å². The minimum Gasteiger partial charge on any atom is -0.324 e. The van der Waals surface area contributed by atoms with Crippen LogP contribution in [0.4, 0.5) is 15.6 Å². The molecule has 0 bridgehead atoms. The van der Waals surface area contributed by atoms with E-state index in [-0.39, 0.29) is 5.91 Å². The number of aromatic nitrogens is 1. The van der Waals surface area contributed by atoms with Gasteiger partial charge in [0.2, 0.25) is 0 Å². The van der Waals surface area contributed by atoms with Crippen LogP contribution in [-0.2, 0) is 4.79 Å². The quantitative estimate of drug-likeness (QED) is 0.655. The molecule has 0 saturated heterocycles. The summed E-state index contributed by atoms with van der Waals surface area (Å²) in [6, 6.07) is 16.8. The number of nitrogens with one attached hydrogen (secondary N) is 3. The van der Waals surface area contributed by atoms with Crippen LogP contribution in [0.15, 0.2) is 72.2 Å². The molecule has 0 saturated carbocycles. The fraction of sp³-hybridized carbons (Fsp3) is 0.0556. The molecule has 6 nitrogen and oxygen atoms in total. The summed E-state index contributed by atoms with van der Waals surface area (Å²) in [4.78, 5) is 28.9. The van der Waals surface area contributed by atoms with E-state index >= 15 is 0 Å². The molecule has 1 aromatic heterocycles. The third-order valence-corrected chi connectivity index (χ3v) is 4.05. The Balaban J connectivity index is 1.75. The molecule has 0 aliphatic rings. The van der Waals surface area contributed by atoms with Crippen LogP contribution >= 0.6 is 11.3 Å². The Kier molecular flexibility index (Phi) is 5.38. The predicted octanol–water partition coefficient (Wildman–Crippen LogP) is 3.64. The Labute approximate surface area is 148 Å². The molecule has 3 N–H and O–H groups in total. The molecule has 0 radical (unpaired) electrons. The number of anilines is 2. The molecule has 2 aromatic carbocycles. The summed E-state index contributed by atoms with van der Waals surface area (Å²) in [5.74, 6) is -0.327. The van der Waals surface area contributed by atoms with Crippen LogP contribution < -0.4 is 16.0 Å². The lowest BCUT2D eigenvalue weighted by Crippen LogP contribution is -2.39. The van der Waals surface area contributed by atoms with Gasteiger partial charge in [-0.2, -0.15) is 0 Å².